The lowest BCUT2D eigenvalue weighted by atomic mass is 10.0. The third-order valence-electron chi connectivity index (χ3n) is 7.48. The fourth-order valence-electron chi connectivity index (χ4n) is 5.33. The minimum atomic E-state index is -0.529. The average Bonchev–Trinajstić information content (AvgIpc) is 3.05. The van der Waals surface area contributed by atoms with Gasteiger partial charge in [0.05, 0.1) is 32.5 Å². The number of hydrogen-bond donors (Lipinski definition) is 0. The highest BCUT2D eigenvalue weighted by molar-refractivity contribution is 5.88. The highest BCUT2D eigenvalue weighted by Gasteiger charge is 2.42. The van der Waals surface area contributed by atoms with Crippen molar-refractivity contribution < 1.29 is 23.7 Å². The van der Waals surface area contributed by atoms with Crippen LogP contribution >= 0.6 is 0 Å². The maximum atomic E-state index is 6.61. The summed E-state index contributed by atoms with van der Waals surface area (Å²) in [5.74, 6) is 0.785. The fraction of sp³-hybridized carbons (Fsp3) is 0.243. The van der Waals surface area contributed by atoms with E-state index in [2.05, 4.69) is 54.6 Å². The van der Waals surface area contributed by atoms with Gasteiger partial charge in [-0.2, -0.15) is 0 Å². The zero-order chi connectivity index (χ0) is 28.4. The first-order valence-corrected chi connectivity index (χ1v) is 14.5. The molecule has 0 aliphatic carbocycles. The van der Waals surface area contributed by atoms with Crippen molar-refractivity contribution in [3.8, 4) is 5.75 Å². The third kappa shape index (κ3) is 7.44. The van der Waals surface area contributed by atoms with Crippen LogP contribution in [0.3, 0.4) is 0 Å². The number of rotatable bonds is 12. The van der Waals surface area contributed by atoms with Gasteiger partial charge in [0.1, 0.15) is 18.0 Å². The summed E-state index contributed by atoms with van der Waals surface area (Å²) in [6.45, 7) is 1.74. The molecule has 5 nitrogen and oxygen atoms in total. The molecule has 6 rings (SSSR count). The van der Waals surface area contributed by atoms with E-state index in [0.29, 0.717) is 32.8 Å². The molecule has 0 saturated carbocycles. The van der Waals surface area contributed by atoms with Crippen LogP contribution < -0.4 is 4.74 Å². The van der Waals surface area contributed by atoms with Gasteiger partial charge in [0, 0.05) is 11.8 Å². The van der Waals surface area contributed by atoms with Gasteiger partial charge < -0.3 is 23.7 Å². The summed E-state index contributed by atoms with van der Waals surface area (Å²) in [6, 6.07) is 44.9. The fourth-order valence-corrected chi connectivity index (χ4v) is 5.33. The highest BCUT2D eigenvalue weighted by atomic mass is 16.7. The van der Waals surface area contributed by atoms with Crippen LogP contribution in [0.4, 0.5) is 0 Å². The Morgan fingerprint density at radius 1 is 0.571 bits per heavy atom. The van der Waals surface area contributed by atoms with Crippen LogP contribution in [0.5, 0.6) is 5.75 Å². The lowest BCUT2D eigenvalue weighted by Crippen LogP contribution is -2.53. The van der Waals surface area contributed by atoms with Gasteiger partial charge >= 0.3 is 0 Å². The topological polar surface area (TPSA) is 46.2 Å². The number of fused-ring (bicyclic) bond motifs is 1. The molecule has 1 aliphatic rings. The molecule has 4 atom stereocenters. The monoisotopic (exact) mass is 560 g/mol. The minimum Gasteiger partial charge on any atom is -0.464 e. The predicted octanol–water partition coefficient (Wildman–Crippen LogP) is 7.72. The molecule has 5 heteroatoms. The quantitative estimate of drug-likeness (QED) is 0.156. The zero-order valence-corrected chi connectivity index (χ0v) is 23.6. The van der Waals surface area contributed by atoms with Crippen LogP contribution in [0.1, 0.15) is 23.1 Å². The second-order valence-electron chi connectivity index (χ2n) is 10.5. The molecule has 0 amide bonds. The van der Waals surface area contributed by atoms with Crippen molar-refractivity contribution in [2.24, 2.45) is 0 Å². The smallest absolute Gasteiger partial charge is 0.202 e. The molecule has 0 aromatic heterocycles. The van der Waals surface area contributed by atoms with Crippen LogP contribution in [-0.4, -0.2) is 31.2 Å². The molecule has 214 valence electrons. The van der Waals surface area contributed by atoms with Gasteiger partial charge in [0.15, 0.2) is 0 Å². The molecule has 0 bridgehead atoms. The number of ether oxygens (including phenoxy) is 5. The van der Waals surface area contributed by atoms with E-state index >= 15 is 0 Å². The van der Waals surface area contributed by atoms with E-state index in [4.69, 9.17) is 23.7 Å². The SMILES string of the molecule is c1ccc(COC[C@H]2O[C@@H](Oc3cccc4ccccc34)C[C@@H](OCc3ccccc3)[C@@H]2OCc2ccccc2)cc1. The number of benzene rings is 5. The van der Waals surface area contributed by atoms with Crippen molar-refractivity contribution in [2.45, 2.75) is 50.8 Å². The molecule has 0 spiro atoms. The van der Waals surface area contributed by atoms with Crippen molar-refractivity contribution in [3.63, 3.8) is 0 Å². The molecular formula is C37H36O5. The maximum Gasteiger partial charge on any atom is 0.202 e. The Morgan fingerprint density at radius 3 is 1.83 bits per heavy atom. The van der Waals surface area contributed by atoms with E-state index in [1.807, 2.05) is 78.9 Å². The predicted molar refractivity (Wildman–Crippen MR) is 164 cm³/mol. The maximum absolute atomic E-state index is 6.61. The Morgan fingerprint density at radius 2 is 1.14 bits per heavy atom. The largest absolute Gasteiger partial charge is 0.464 e. The van der Waals surface area contributed by atoms with Crippen molar-refractivity contribution in [3.05, 3.63) is 150 Å². The van der Waals surface area contributed by atoms with E-state index in [1.165, 1.54) is 0 Å². The van der Waals surface area contributed by atoms with Crippen LogP contribution in [-0.2, 0) is 38.8 Å². The summed E-state index contributed by atoms with van der Waals surface area (Å²) in [7, 11) is 0. The lowest BCUT2D eigenvalue weighted by molar-refractivity contribution is -0.257. The van der Waals surface area contributed by atoms with Gasteiger partial charge in [-0.05, 0) is 28.1 Å². The van der Waals surface area contributed by atoms with E-state index < -0.39 is 12.4 Å². The Labute approximate surface area is 247 Å². The third-order valence-corrected chi connectivity index (χ3v) is 7.48. The van der Waals surface area contributed by atoms with Gasteiger partial charge in [0.25, 0.3) is 0 Å². The van der Waals surface area contributed by atoms with Crippen molar-refractivity contribution in [1.82, 2.24) is 0 Å². The minimum absolute atomic E-state index is 0.270. The van der Waals surface area contributed by atoms with E-state index in [9.17, 15) is 0 Å². The van der Waals surface area contributed by atoms with Crippen molar-refractivity contribution in [2.75, 3.05) is 6.61 Å². The van der Waals surface area contributed by atoms with Gasteiger partial charge in [-0.3, -0.25) is 0 Å². The molecule has 1 heterocycles. The van der Waals surface area contributed by atoms with Gasteiger partial charge in [-0.25, -0.2) is 0 Å². The summed E-state index contributed by atoms with van der Waals surface area (Å²) in [6.07, 6.45) is -1.03. The van der Waals surface area contributed by atoms with Crippen LogP contribution in [0, 0.1) is 0 Å². The first-order chi connectivity index (χ1) is 20.8. The Hall–Kier alpha value is -4.00. The van der Waals surface area contributed by atoms with Crippen molar-refractivity contribution >= 4 is 10.8 Å². The average molecular weight is 561 g/mol. The van der Waals surface area contributed by atoms with Gasteiger partial charge in [-0.15, -0.1) is 0 Å². The van der Waals surface area contributed by atoms with Crippen LogP contribution in [0.25, 0.3) is 10.8 Å². The first-order valence-electron chi connectivity index (χ1n) is 14.5. The van der Waals surface area contributed by atoms with E-state index in [0.717, 1.165) is 33.2 Å². The first kappa shape index (κ1) is 28.1. The molecule has 5 aromatic carbocycles. The highest BCUT2D eigenvalue weighted by Crippen LogP contribution is 2.32. The summed E-state index contributed by atoms with van der Waals surface area (Å²) in [5, 5.41) is 2.17. The van der Waals surface area contributed by atoms with E-state index in [-0.39, 0.29) is 12.2 Å². The van der Waals surface area contributed by atoms with Gasteiger partial charge in [0.2, 0.25) is 6.29 Å². The molecule has 1 saturated heterocycles. The van der Waals surface area contributed by atoms with Crippen LogP contribution in [0.15, 0.2) is 133 Å². The lowest BCUT2D eigenvalue weighted by Gasteiger charge is -2.41. The standard InChI is InChI=1S/C37H36O5/c1-4-13-28(14-5-1)24-38-27-35-37(40-26-30-17-8-3-9-18-30)34(39-25-29-15-6-2-7-16-29)23-36(42-35)41-33-22-12-20-31-19-10-11-21-32(31)33/h1-22,34-37H,23-27H2/t34-,35-,36-,37+/m1/s1. The molecule has 0 unspecified atom stereocenters. The molecular weight excluding hydrogens is 524 g/mol. The Bertz CT molecular complexity index is 1500. The van der Waals surface area contributed by atoms with Crippen molar-refractivity contribution in [1.29, 1.82) is 0 Å². The number of hydrogen-bond acceptors (Lipinski definition) is 5. The normalized spacial score (nSPS) is 20.4. The Balaban J connectivity index is 1.24. The molecule has 42 heavy (non-hydrogen) atoms. The van der Waals surface area contributed by atoms with E-state index in [1.54, 1.807) is 0 Å². The molecule has 0 N–H and O–H groups in total. The molecule has 1 fully saturated rings. The second kappa shape index (κ2) is 14.3. The summed E-state index contributed by atoms with van der Waals surface area (Å²) < 4.78 is 32.5. The summed E-state index contributed by atoms with van der Waals surface area (Å²) in [5.41, 5.74) is 3.31. The van der Waals surface area contributed by atoms with Gasteiger partial charge in [-0.1, -0.05) is 127 Å². The molecule has 1 aliphatic heterocycles. The Kier molecular flexibility index (Phi) is 9.55. The summed E-state index contributed by atoms with van der Waals surface area (Å²) >= 11 is 0. The molecule has 0 radical (unpaired) electrons. The summed E-state index contributed by atoms with van der Waals surface area (Å²) in [4.78, 5) is 0. The van der Waals surface area contributed by atoms with Crippen LogP contribution in [0.2, 0.25) is 0 Å². The molecule has 5 aromatic rings. The second-order valence-corrected chi connectivity index (χ2v) is 10.5. The zero-order valence-electron chi connectivity index (χ0n) is 23.6.